The summed E-state index contributed by atoms with van der Waals surface area (Å²) in [6, 6.07) is 12.6. The number of amides is 4. The molecule has 4 N–H and O–H groups in total. The van der Waals surface area contributed by atoms with Crippen molar-refractivity contribution in [3.8, 4) is 0 Å². The molecule has 0 fully saturated rings. The zero-order chi connectivity index (χ0) is 27.8. The fraction of sp³-hybridized carbons (Fsp3) is 0.429. The van der Waals surface area contributed by atoms with Crippen molar-refractivity contribution in [3.63, 3.8) is 0 Å². The van der Waals surface area contributed by atoms with Gasteiger partial charge in [-0.05, 0) is 70.7 Å². The van der Waals surface area contributed by atoms with E-state index in [0.717, 1.165) is 11.1 Å². The molecule has 0 bridgehead atoms. The van der Waals surface area contributed by atoms with Crippen LogP contribution in [0.4, 0.5) is 10.5 Å². The lowest BCUT2D eigenvalue weighted by Crippen LogP contribution is -2.52. The van der Waals surface area contributed by atoms with Gasteiger partial charge in [0.2, 0.25) is 11.8 Å². The largest absolute Gasteiger partial charge is 0.444 e. The first kappa shape index (κ1) is 29.4. The van der Waals surface area contributed by atoms with Crippen molar-refractivity contribution in [1.29, 1.82) is 0 Å². The standard InChI is InChI=1S/C28H38N4O5/c1-7-32(26(35)22(16-17-23(29)33)31-27(36)37-28(4,5)6)24(20-14-10-8-12-18(20)2)25(34)30-21-15-11-9-13-19(21)3/h8-15,22,24H,7,16-17H2,1-6H3,(H2,29,33)(H,30,34)(H,31,36). The Morgan fingerprint density at radius 1 is 0.973 bits per heavy atom. The number of alkyl carbamates (subject to hydrolysis) is 1. The molecule has 0 aliphatic carbocycles. The Balaban J connectivity index is 2.47. The van der Waals surface area contributed by atoms with Gasteiger partial charge < -0.3 is 26.0 Å². The molecule has 0 saturated carbocycles. The minimum Gasteiger partial charge on any atom is -0.444 e. The zero-order valence-corrected chi connectivity index (χ0v) is 22.5. The van der Waals surface area contributed by atoms with Crippen molar-refractivity contribution in [2.75, 3.05) is 11.9 Å². The molecule has 0 heterocycles. The summed E-state index contributed by atoms with van der Waals surface area (Å²) in [5, 5.41) is 5.52. The smallest absolute Gasteiger partial charge is 0.408 e. The van der Waals surface area contributed by atoms with Gasteiger partial charge in [0, 0.05) is 18.7 Å². The third kappa shape index (κ3) is 8.63. The minimum atomic E-state index is -1.12. The van der Waals surface area contributed by atoms with Gasteiger partial charge in [0.1, 0.15) is 17.7 Å². The highest BCUT2D eigenvalue weighted by atomic mass is 16.6. The van der Waals surface area contributed by atoms with Gasteiger partial charge in [0.05, 0.1) is 0 Å². The molecule has 9 nitrogen and oxygen atoms in total. The number of ether oxygens (including phenoxy) is 1. The molecule has 2 unspecified atom stereocenters. The quantitative estimate of drug-likeness (QED) is 0.445. The Morgan fingerprint density at radius 3 is 2.11 bits per heavy atom. The summed E-state index contributed by atoms with van der Waals surface area (Å²) in [5.41, 5.74) is 7.52. The number of rotatable bonds is 10. The van der Waals surface area contributed by atoms with Crippen molar-refractivity contribution in [1.82, 2.24) is 10.2 Å². The summed E-state index contributed by atoms with van der Waals surface area (Å²) in [7, 11) is 0. The molecule has 0 aromatic heterocycles. The molecule has 0 spiro atoms. The normalized spacial score (nSPS) is 12.7. The first-order chi connectivity index (χ1) is 17.3. The number of hydrogen-bond donors (Lipinski definition) is 3. The zero-order valence-electron chi connectivity index (χ0n) is 22.5. The number of aryl methyl sites for hydroxylation is 2. The number of benzene rings is 2. The average Bonchev–Trinajstić information content (AvgIpc) is 2.80. The third-order valence-electron chi connectivity index (χ3n) is 5.74. The highest BCUT2D eigenvalue weighted by Crippen LogP contribution is 2.28. The predicted molar refractivity (Wildman–Crippen MR) is 143 cm³/mol. The second-order valence-electron chi connectivity index (χ2n) is 9.89. The minimum absolute atomic E-state index is 0.0379. The fourth-order valence-corrected chi connectivity index (χ4v) is 3.92. The van der Waals surface area contributed by atoms with Gasteiger partial charge in [-0.1, -0.05) is 42.5 Å². The van der Waals surface area contributed by atoms with Crippen LogP contribution in [-0.4, -0.2) is 46.9 Å². The number of primary amides is 1. The van der Waals surface area contributed by atoms with Gasteiger partial charge in [-0.3, -0.25) is 14.4 Å². The second-order valence-corrected chi connectivity index (χ2v) is 9.89. The van der Waals surface area contributed by atoms with Gasteiger partial charge in [-0.15, -0.1) is 0 Å². The monoisotopic (exact) mass is 510 g/mol. The maximum atomic E-state index is 13.9. The molecule has 2 rings (SSSR count). The molecular formula is C28H38N4O5. The van der Waals surface area contributed by atoms with Crippen LogP contribution < -0.4 is 16.4 Å². The number of nitrogens with one attached hydrogen (secondary N) is 2. The van der Waals surface area contributed by atoms with Crippen LogP contribution in [0.2, 0.25) is 0 Å². The van der Waals surface area contributed by atoms with Crippen molar-refractivity contribution >= 4 is 29.5 Å². The van der Waals surface area contributed by atoms with Crippen LogP contribution in [0.5, 0.6) is 0 Å². The Bertz CT molecular complexity index is 1130. The molecule has 0 radical (unpaired) electrons. The summed E-state index contributed by atoms with van der Waals surface area (Å²) in [6.07, 6.45) is -0.971. The summed E-state index contributed by atoms with van der Waals surface area (Å²) >= 11 is 0. The number of anilines is 1. The molecule has 37 heavy (non-hydrogen) atoms. The predicted octanol–water partition coefficient (Wildman–Crippen LogP) is 3.99. The number of nitrogens with zero attached hydrogens (tertiary/aromatic N) is 1. The second kappa shape index (κ2) is 12.9. The fourth-order valence-electron chi connectivity index (χ4n) is 3.92. The molecule has 2 aromatic carbocycles. The molecule has 9 heteroatoms. The van der Waals surface area contributed by atoms with E-state index in [1.165, 1.54) is 4.90 Å². The van der Waals surface area contributed by atoms with Crippen LogP contribution in [0.25, 0.3) is 0 Å². The topological polar surface area (TPSA) is 131 Å². The van der Waals surface area contributed by atoms with E-state index in [2.05, 4.69) is 10.6 Å². The molecule has 4 amide bonds. The highest BCUT2D eigenvalue weighted by Gasteiger charge is 2.36. The van der Waals surface area contributed by atoms with E-state index in [1.807, 2.05) is 44.2 Å². The SMILES string of the molecule is CCN(C(=O)C(CCC(N)=O)NC(=O)OC(C)(C)C)C(C(=O)Nc1ccccc1C)c1ccccc1C. The van der Waals surface area contributed by atoms with Crippen LogP contribution in [0.3, 0.4) is 0 Å². The van der Waals surface area contributed by atoms with Crippen LogP contribution in [0, 0.1) is 13.8 Å². The van der Waals surface area contributed by atoms with Gasteiger partial charge >= 0.3 is 6.09 Å². The van der Waals surface area contributed by atoms with Crippen molar-refractivity contribution in [3.05, 3.63) is 65.2 Å². The highest BCUT2D eigenvalue weighted by molar-refractivity contribution is 5.99. The van der Waals surface area contributed by atoms with Crippen LogP contribution in [0.1, 0.15) is 63.3 Å². The van der Waals surface area contributed by atoms with Crippen LogP contribution in [-0.2, 0) is 19.1 Å². The summed E-state index contributed by atoms with van der Waals surface area (Å²) in [5.74, 6) is -1.54. The van der Waals surface area contributed by atoms with Crippen LogP contribution >= 0.6 is 0 Å². The molecule has 0 saturated heterocycles. The average molecular weight is 511 g/mol. The molecular weight excluding hydrogens is 472 g/mol. The number of nitrogens with two attached hydrogens (primary N) is 1. The van der Waals surface area contributed by atoms with E-state index < -0.39 is 41.5 Å². The lowest BCUT2D eigenvalue weighted by molar-refractivity contribution is -0.140. The van der Waals surface area contributed by atoms with Gasteiger partial charge in [0.15, 0.2) is 0 Å². The number of likely N-dealkylation sites (N-methyl/N-ethyl adjacent to an activating group) is 1. The lowest BCUT2D eigenvalue weighted by atomic mass is 9.97. The van der Waals surface area contributed by atoms with E-state index in [4.69, 9.17) is 10.5 Å². The molecule has 0 aliphatic rings. The Labute approximate surface area is 218 Å². The van der Waals surface area contributed by atoms with Crippen molar-refractivity contribution < 1.29 is 23.9 Å². The first-order valence-corrected chi connectivity index (χ1v) is 12.3. The molecule has 0 aliphatic heterocycles. The van der Waals surface area contributed by atoms with E-state index in [-0.39, 0.29) is 19.4 Å². The van der Waals surface area contributed by atoms with Crippen LogP contribution in [0.15, 0.2) is 48.5 Å². The third-order valence-corrected chi connectivity index (χ3v) is 5.74. The molecule has 2 aromatic rings. The summed E-state index contributed by atoms with van der Waals surface area (Å²) in [4.78, 5) is 53.0. The first-order valence-electron chi connectivity index (χ1n) is 12.3. The number of para-hydroxylation sites is 1. The van der Waals surface area contributed by atoms with Crippen molar-refractivity contribution in [2.24, 2.45) is 5.73 Å². The summed E-state index contributed by atoms with van der Waals surface area (Å²) < 4.78 is 5.33. The van der Waals surface area contributed by atoms with Crippen molar-refractivity contribution in [2.45, 2.75) is 72.1 Å². The number of hydrogen-bond acceptors (Lipinski definition) is 5. The Morgan fingerprint density at radius 2 is 1.57 bits per heavy atom. The van der Waals surface area contributed by atoms with E-state index in [9.17, 15) is 19.2 Å². The van der Waals surface area contributed by atoms with Gasteiger partial charge in [-0.2, -0.15) is 0 Å². The lowest BCUT2D eigenvalue weighted by Gasteiger charge is -2.34. The Hall–Kier alpha value is -3.88. The van der Waals surface area contributed by atoms with E-state index >= 15 is 0 Å². The number of carbonyl (C=O) groups is 4. The maximum absolute atomic E-state index is 13.9. The molecule has 2 atom stereocenters. The van der Waals surface area contributed by atoms with E-state index in [1.54, 1.807) is 45.9 Å². The summed E-state index contributed by atoms with van der Waals surface area (Å²) in [6.45, 7) is 10.8. The van der Waals surface area contributed by atoms with E-state index in [0.29, 0.717) is 11.3 Å². The molecule has 200 valence electrons. The number of carbonyl (C=O) groups excluding carboxylic acids is 4. The van der Waals surface area contributed by atoms with Gasteiger partial charge in [0.25, 0.3) is 5.91 Å². The van der Waals surface area contributed by atoms with Gasteiger partial charge in [-0.25, -0.2) is 4.79 Å². The maximum Gasteiger partial charge on any atom is 0.408 e. The Kier molecular flexibility index (Phi) is 10.2.